The van der Waals surface area contributed by atoms with Crippen LogP contribution in [0.3, 0.4) is 0 Å². The van der Waals surface area contributed by atoms with Crippen molar-refractivity contribution in [2.24, 2.45) is 5.41 Å². The third kappa shape index (κ3) is 8.20. The maximum absolute atomic E-state index is 13.5. The van der Waals surface area contributed by atoms with E-state index in [-0.39, 0.29) is 12.2 Å². The second-order valence-corrected chi connectivity index (χ2v) is 12.7. The molecule has 0 spiro atoms. The summed E-state index contributed by atoms with van der Waals surface area (Å²) >= 11 is 0.627. The number of nitrogens with two attached hydrogens (primary N) is 1. The Labute approximate surface area is 259 Å². The highest BCUT2D eigenvalue weighted by Crippen LogP contribution is 2.34. The molecule has 238 valence electrons. The molecule has 9 nitrogen and oxygen atoms in total. The first-order chi connectivity index (χ1) is 20.7. The molecule has 1 amide bonds. The number of benzene rings is 2. The number of hydrogen-bond acceptors (Lipinski definition) is 9. The number of carbonyl (C=O) groups excluding carboxylic acids is 2. The average Bonchev–Trinajstić information content (AvgIpc) is 3.44. The Balaban J connectivity index is 1.48. The predicted octanol–water partition coefficient (Wildman–Crippen LogP) is 6.81. The van der Waals surface area contributed by atoms with E-state index in [2.05, 4.69) is 15.4 Å². The molecule has 0 aliphatic carbocycles. The Bertz CT molecular complexity index is 1430. The van der Waals surface area contributed by atoms with Gasteiger partial charge in [-0.1, -0.05) is 24.3 Å². The number of amides is 1. The Morgan fingerprint density at radius 3 is 2.50 bits per heavy atom. The number of hydrogen-bond donors (Lipinski definition) is 4. The molecule has 1 unspecified atom stereocenters. The highest BCUT2D eigenvalue weighted by atomic mass is 32.2. The van der Waals surface area contributed by atoms with Gasteiger partial charge in [0, 0.05) is 24.7 Å². The molecule has 2 heterocycles. The molecule has 0 bridgehead atoms. The Hall–Kier alpha value is -3.84. The molecule has 2 aliphatic heterocycles. The van der Waals surface area contributed by atoms with Crippen LogP contribution in [0.15, 0.2) is 66.5 Å². The van der Waals surface area contributed by atoms with Gasteiger partial charge in [0.25, 0.3) is 5.24 Å². The summed E-state index contributed by atoms with van der Waals surface area (Å²) in [6.07, 6.45) is 1.93. The molecule has 1 fully saturated rings. The number of nitrogen functional groups attached to an aromatic ring is 1. The number of halogens is 3. The SMILES string of the molecule is CC(C)(C)C(=O)OCC(C)(NSC(=O)Nc1cccc(CN2C=CO/C2=C2/CCCCN2)c1N)c1cccc(C(F)(F)F)c1. The summed E-state index contributed by atoms with van der Waals surface area (Å²) < 4.78 is 54.6. The molecular weight excluding hydrogens is 595 g/mol. The highest BCUT2D eigenvalue weighted by Gasteiger charge is 2.36. The Kier molecular flexibility index (Phi) is 10.1. The predicted molar refractivity (Wildman–Crippen MR) is 164 cm³/mol. The van der Waals surface area contributed by atoms with E-state index in [1.54, 1.807) is 46.1 Å². The minimum atomic E-state index is -4.58. The summed E-state index contributed by atoms with van der Waals surface area (Å²) in [4.78, 5) is 27.5. The van der Waals surface area contributed by atoms with Crippen molar-refractivity contribution in [1.82, 2.24) is 14.9 Å². The van der Waals surface area contributed by atoms with Crippen LogP contribution in [0.1, 0.15) is 63.6 Å². The minimum Gasteiger partial charge on any atom is -0.463 e. The van der Waals surface area contributed by atoms with Gasteiger partial charge < -0.3 is 30.7 Å². The van der Waals surface area contributed by atoms with E-state index < -0.39 is 33.9 Å². The number of esters is 1. The lowest BCUT2D eigenvalue weighted by Gasteiger charge is -2.31. The van der Waals surface area contributed by atoms with Crippen molar-refractivity contribution in [3.63, 3.8) is 0 Å². The van der Waals surface area contributed by atoms with Crippen LogP contribution in [0.2, 0.25) is 0 Å². The van der Waals surface area contributed by atoms with Crippen LogP contribution in [0, 0.1) is 5.41 Å². The smallest absolute Gasteiger partial charge is 0.416 e. The fourth-order valence-corrected chi connectivity index (χ4v) is 5.24. The standard InChI is InChI=1S/C31H38F3N5O4S/c1-29(2,3)27(40)43-19-30(4,21-10-8-11-22(17-21)31(32,33)34)38-44-28(41)37-23-13-7-9-20(25(23)35)18-39-15-16-42-26(39)24-12-5-6-14-36-24/h7-11,13,15-17,36,38H,5-6,12,14,18-19,35H2,1-4H3,(H,37,41)/b26-24-. The van der Waals surface area contributed by atoms with Crippen LogP contribution in [0.5, 0.6) is 0 Å². The number of nitrogens with zero attached hydrogens (tertiary/aromatic N) is 1. The molecule has 44 heavy (non-hydrogen) atoms. The number of ether oxygens (including phenoxy) is 2. The van der Waals surface area contributed by atoms with E-state index in [4.69, 9.17) is 15.2 Å². The summed E-state index contributed by atoms with van der Waals surface area (Å²) in [5.41, 5.74) is 6.12. The van der Waals surface area contributed by atoms with Gasteiger partial charge in [-0.2, -0.15) is 13.2 Å². The molecule has 1 atom stereocenters. The molecule has 4 rings (SSSR count). The highest BCUT2D eigenvalue weighted by molar-refractivity contribution is 8.12. The van der Waals surface area contributed by atoms with Crippen LogP contribution < -0.4 is 21.1 Å². The normalized spacial score (nSPS) is 18.3. The van der Waals surface area contributed by atoms with Crippen LogP contribution in [-0.4, -0.2) is 29.3 Å². The first-order valence-corrected chi connectivity index (χ1v) is 15.0. The van der Waals surface area contributed by atoms with Crippen LogP contribution in [-0.2, 0) is 32.5 Å². The number of allylic oxidation sites excluding steroid dienone is 1. The number of piperidine rings is 1. The van der Waals surface area contributed by atoms with Crippen LogP contribution in [0.4, 0.5) is 29.3 Å². The zero-order valence-corrected chi connectivity index (χ0v) is 26.0. The molecule has 5 N–H and O–H groups in total. The van der Waals surface area contributed by atoms with Crippen molar-refractivity contribution in [3.8, 4) is 0 Å². The molecule has 2 aliphatic rings. The third-order valence-corrected chi connectivity index (χ3v) is 8.05. The van der Waals surface area contributed by atoms with Crippen molar-refractivity contribution in [2.75, 3.05) is 24.2 Å². The zero-order chi connectivity index (χ0) is 32.1. The number of anilines is 2. The number of carbonyl (C=O) groups is 2. The molecule has 13 heteroatoms. The van der Waals surface area contributed by atoms with Gasteiger partial charge in [-0.25, -0.2) is 4.72 Å². The fourth-order valence-electron chi connectivity index (χ4n) is 4.58. The van der Waals surface area contributed by atoms with E-state index in [1.807, 2.05) is 17.2 Å². The maximum Gasteiger partial charge on any atom is 0.416 e. The molecule has 0 saturated carbocycles. The zero-order valence-electron chi connectivity index (χ0n) is 25.1. The average molecular weight is 634 g/mol. The molecule has 2 aromatic carbocycles. The summed E-state index contributed by atoms with van der Waals surface area (Å²) in [7, 11) is 0. The molecule has 0 radical (unpaired) electrons. The van der Waals surface area contributed by atoms with E-state index in [0.29, 0.717) is 29.9 Å². The molecule has 0 aromatic heterocycles. The van der Waals surface area contributed by atoms with Gasteiger partial charge in [0.1, 0.15) is 12.9 Å². The van der Waals surface area contributed by atoms with E-state index in [0.717, 1.165) is 55.1 Å². The monoisotopic (exact) mass is 633 g/mol. The maximum atomic E-state index is 13.5. The minimum absolute atomic E-state index is 0.189. The van der Waals surface area contributed by atoms with Gasteiger partial charge >= 0.3 is 12.1 Å². The molecule has 2 aromatic rings. The lowest BCUT2D eigenvalue weighted by molar-refractivity contribution is -0.155. The third-order valence-electron chi connectivity index (χ3n) is 7.21. The fraction of sp³-hybridized carbons (Fsp3) is 0.419. The Morgan fingerprint density at radius 2 is 1.82 bits per heavy atom. The number of nitrogens with one attached hydrogen (secondary N) is 3. The van der Waals surface area contributed by atoms with Crippen LogP contribution >= 0.6 is 11.9 Å². The van der Waals surface area contributed by atoms with Crippen molar-refractivity contribution < 1.29 is 32.2 Å². The first kappa shape index (κ1) is 33.1. The first-order valence-electron chi connectivity index (χ1n) is 14.2. The van der Waals surface area contributed by atoms with E-state index >= 15 is 0 Å². The van der Waals surface area contributed by atoms with Gasteiger partial charge in [-0.15, -0.1) is 0 Å². The van der Waals surface area contributed by atoms with Gasteiger partial charge in [-0.3, -0.25) is 9.59 Å². The number of rotatable bonds is 8. The summed E-state index contributed by atoms with van der Waals surface area (Å²) in [5.74, 6) is 0.187. The Morgan fingerprint density at radius 1 is 1.09 bits per heavy atom. The van der Waals surface area contributed by atoms with Crippen molar-refractivity contribution in [1.29, 1.82) is 0 Å². The van der Waals surface area contributed by atoms with E-state index in [9.17, 15) is 22.8 Å². The van der Waals surface area contributed by atoms with Gasteiger partial charge in [0.15, 0.2) is 0 Å². The van der Waals surface area contributed by atoms with Gasteiger partial charge in [0.2, 0.25) is 5.88 Å². The molecule has 1 saturated heterocycles. The van der Waals surface area contributed by atoms with E-state index in [1.165, 1.54) is 12.1 Å². The topological polar surface area (TPSA) is 118 Å². The second kappa shape index (κ2) is 13.4. The van der Waals surface area contributed by atoms with Crippen molar-refractivity contribution in [2.45, 2.75) is 65.2 Å². The number of alkyl halides is 3. The second-order valence-electron chi connectivity index (χ2n) is 11.9. The summed E-state index contributed by atoms with van der Waals surface area (Å²) in [6, 6.07) is 9.96. The van der Waals surface area contributed by atoms with Gasteiger partial charge in [-0.05, 0) is 76.3 Å². The lowest BCUT2D eigenvalue weighted by atomic mass is 9.92. The molecular formula is C31H38F3N5O4S. The largest absolute Gasteiger partial charge is 0.463 e. The van der Waals surface area contributed by atoms with Crippen molar-refractivity contribution in [3.05, 3.63) is 83.2 Å². The van der Waals surface area contributed by atoms with Gasteiger partial charge in [0.05, 0.1) is 40.1 Å². The summed E-state index contributed by atoms with van der Waals surface area (Å²) in [6.45, 7) is 7.54. The van der Waals surface area contributed by atoms with Crippen molar-refractivity contribution >= 4 is 34.5 Å². The van der Waals surface area contributed by atoms with Crippen LogP contribution in [0.25, 0.3) is 0 Å². The quantitative estimate of drug-likeness (QED) is 0.141. The number of para-hydroxylation sites is 1. The lowest BCUT2D eigenvalue weighted by Crippen LogP contribution is -2.43. The summed E-state index contributed by atoms with van der Waals surface area (Å²) in [5, 5.41) is 5.58.